The van der Waals surface area contributed by atoms with Crippen molar-refractivity contribution < 1.29 is 23.9 Å². The molecule has 0 unspecified atom stereocenters. The van der Waals surface area contributed by atoms with Crippen LogP contribution in [0.2, 0.25) is 5.02 Å². The maximum atomic E-state index is 12.2. The lowest BCUT2D eigenvalue weighted by Crippen LogP contribution is -2.44. The van der Waals surface area contributed by atoms with E-state index in [1.54, 1.807) is 38.1 Å². The van der Waals surface area contributed by atoms with Crippen molar-refractivity contribution in [3.63, 3.8) is 0 Å². The SMILES string of the molecule is CC[C@@]1(C)NC(=O)N(CC(=O)O[C@@H](C)C(=O)Nc2ccccc2Cl)C1=O. The van der Waals surface area contributed by atoms with Gasteiger partial charge in [-0.15, -0.1) is 0 Å². The molecule has 0 aliphatic carbocycles. The van der Waals surface area contributed by atoms with E-state index in [2.05, 4.69) is 10.6 Å². The van der Waals surface area contributed by atoms with Gasteiger partial charge in [-0.2, -0.15) is 0 Å². The lowest BCUT2D eigenvalue weighted by atomic mass is 9.99. The van der Waals surface area contributed by atoms with Gasteiger partial charge in [0.15, 0.2) is 6.10 Å². The predicted molar refractivity (Wildman–Crippen MR) is 94.6 cm³/mol. The fraction of sp³-hybridized carbons (Fsp3) is 0.412. The fourth-order valence-electron chi connectivity index (χ4n) is 2.34. The van der Waals surface area contributed by atoms with Crippen LogP contribution in [0.15, 0.2) is 24.3 Å². The Morgan fingerprint density at radius 3 is 2.58 bits per heavy atom. The molecule has 0 radical (unpaired) electrons. The highest BCUT2D eigenvalue weighted by Crippen LogP contribution is 2.22. The Morgan fingerprint density at radius 1 is 1.35 bits per heavy atom. The van der Waals surface area contributed by atoms with E-state index in [1.165, 1.54) is 6.92 Å². The van der Waals surface area contributed by atoms with Gasteiger partial charge in [0, 0.05) is 0 Å². The molecule has 1 saturated heterocycles. The number of nitrogens with one attached hydrogen (secondary N) is 2. The van der Waals surface area contributed by atoms with Crippen LogP contribution >= 0.6 is 11.6 Å². The van der Waals surface area contributed by atoms with E-state index in [0.717, 1.165) is 4.90 Å². The number of nitrogens with zero attached hydrogens (tertiary/aromatic N) is 1. The number of carbonyl (C=O) groups is 4. The summed E-state index contributed by atoms with van der Waals surface area (Å²) in [6, 6.07) is 5.96. The summed E-state index contributed by atoms with van der Waals surface area (Å²) in [5.74, 6) is -1.95. The highest BCUT2D eigenvalue weighted by molar-refractivity contribution is 6.33. The van der Waals surface area contributed by atoms with Gasteiger partial charge >= 0.3 is 12.0 Å². The molecule has 2 N–H and O–H groups in total. The molecular formula is C17H20ClN3O5. The summed E-state index contributed by atoms with van der Waals surface area (Å²) in [6.07, 6.45) is -0.739. The molecule has 8 nitrogen and oxygen atoms in total. The topological polar surface area (TPSA) is 105 Å². The molecule has 0 saturated carbocycles. The zero-order valence-corrected chi connectivity index (χ0v) is 15.4. The Morgan fingerprint density at radius 2 is 2.00 bits per heavy atom. The normalized spacial score (nSPS) is 20.5. The minimum absolute atomic E-state index is 0.345. The molecule has 0 aromatic heterocycles. The minimum Gasteiger partial charge on any atom is -0.451 e. The fourth-order valence-corrected chi connectivity index (χ4v) is 2.53. The number of carbonyl (C=O) groups excluding carboxylic acids is 4. The largest absolute Gasteiger partial charge is 0.451 e. The van der Waals surface area contributed by atoms with Crippen LogP contribution in [0, 0.1) is 0 Å². The van der Waals surface area contributed by atoms with Gasteiger partial charge in [0.2, 0.25) is 0 Å². The van der Waals surface area contributed by atoms with Gasteiger partial charge in [0.1, 0.15) is 12.1 Å². The molecule has 2 rings (SSSR count). The summed E-state index contributed by atoms with van der Waals surface area (Å²) in [4.78, 5) is 49.0. The standard InChI is InChI=1S/C17H20ClN3O5/c1-4-17(3)15(24)21(16(25)20-17)9-13(22)26-10(2)14(23)19-12-8-6-5-7-11(12)18/h5-8,10H,4,9H2,1-3H3,(H,19,23)(H,20,25)/t10-,17+/m0/s1. The van der Waals surface area contributed by atoms with Gasteiger partial charge in [-0.05, 0) is 32.4 Å². The van der Waals surface area contributed by atoms with Crippen molar-refractivity contribution in [2.45, 2.75) is 38.8 Å². The van der Waals surface area contributed by atoms with Crippen LogP contribution in [0.5, 0.6) is 0 Å². The zero-order chi connectivity index (χ0) is 19.5. The van der Waals surface area contributed by atoms with E-state index in [9.17, 15) is 19.2 Å². The second-order valence-electron chi connectivity index (χ2n) is 6.11. The van der Waals surface area contributed by atoms with Crippen LogP contribution in [0.4, 0.5) is 10.5 Å². The third-order valence-electron chi connectivity index (χ3n) is 4.15. The van der Waals surface area contributed by atoms with E-state index >= 15 is 0 Å². The van der Waals surface area contributed by atoms with Crippen molar-refractivity contribution in [1.29, 1.82) is 0 Å². The summed E-state index contributed by atoms with van der Waals surface area (Å²) < 4.78 is 5.02. The van der Waals surface area contributed by atoms with E-state index in [4.69, 9.17) is 16.3 Å². The maximum Gasteiger partial charge on any atom is 0.327 e. The van der Waals surface area contributed by atoms with E-state index in [-0.39, 0.29) is 0 Å². The smallest absolute Gasteiger partial charge is 0.327 e. The van der Waals surface area contributed by atoms with Gasteiger partial charge in [-0.25, -0.2) is 4.79 Å². The molecule has 1 aliphatic heterocycles. The summed E-state index contributed by atoms with van der Waals surface area (Å²) >= 11 is 5.95. The average Bonchev–Trinajstić information content (AvgIpc) is 2.80. The van der Waals surface area contributed by atoms with Crippen LogP contribution in [0.3, 0.4) is 0 Å². The first kappa shape index (κ1) is 19.7. The Hall–Kier alpha value is -2.61. The third kappa shape index (κ3) is 4.13. The second-order valence-corrected chi connectivity index (χ2v) is 6.52. The molecule has 1 fully saturated rings. The number of hydrogen-bond acceptors (Lipinski definition) is 5. The zero-order valence-electron chi connectivity index (χ0n) is 14.7. The summed E-state index contributed by atoms with van der Waals surface area (Å²) in [5.41, 5.74) is -0.653. The number of imide groups is 1. The van der Waals surface area contributed by atoms with Gasteiger partial charge < -0.3 is 15.4 Å². The molecule has 1 aromatic rings. The van der Waals surface area contributed by atoms with Crippen molar-refractivity contribution in [3.8, 4) is 0 Å². The van der Waals surface area contributed by atoms with Crippen molar-refractivity contribution in [3.05, 3.63) is 29.3 Å². The Bertz CT molecular complexity index is 754. The van der Waals surface area contributed by atoms with Gasteiger partial charge in [-0.3, -0.25) is 19.3 Å². The van der Waals surface area contributed by atoms with E-state index in [1.807, 2.05) is 0 Å². The second kappa shape index (κ2) is 7.74. The summed E-state index contributed by atoms with van der Waals surface area (Å²) in [6.45, 7) is 4.15. The quantitative estimate of drug-likeness (QED) is 0.578. The van der Waals surface area contributed by atoms with Crippen molar-refractivity contribution >= 4 is 41.1 Å². The van der Waals surface area contributed by atoms with Crippen LogP contribution in [-0.2, 0) is 19.1 Å². The number of benzene rings is 1. The third-order valence-corrected chi connectivity index (χ3v) is 4.48. The number of amides is 4. The number of para-hydroxylation sites is 1. The molecule has 2 atom stereocenters. The molecule has 26 heavy (non-hydrogen) atoms. The monoisotopic (exact) mass is 381 g/mol. The Balaban J connectivity index is 1.93. The lowest BCUT2D eigenvalue weighted by Gasteiger charge is -2.19. The minimum atomic E-state index is -1.13. The van der Waals surface area contributed by atoms with Crippen LogP contribution in [0.25, 0.3) is 0 Å². The molecule has 1 heterocycles. The first-order valence-electron chi connectivity index (χ1n) is 8.07. The highest BCUT2D eigenvalue weighted by atomic mass is 35.5. The number of ether oxygens (including phenoxy) is 1. The summed E-state index contributed by atoms with van der Waals surface area (Å²) in [5, 5.41) is 5.42. The first-order valence-corrected chi connectivity index (χ1v) is 8.44. The van der Waals surface area contributed by atoms with E-state index < -0.39 is 42.0 Å². The Labute approximate surface area is 155 Å². The van der Waals surface area contributed by atoms with Crippen molar-refractivity contribution in [2.75, 3.05) is 11.9 Å². The van der Waals surface area contributed by atoms with E-state index in [0.29, 0.717) is 17.1 Å². The molecule has 0 bridgehead atoms. The van der Waals surface area contributed by atoms with Crippen LogP contribution < -0.4 is 10.6 Å². The number of anilines is 1. The molecule has 4 amide bonds. The molecule has 0 spiro atoms. The number of rotatable bonds is 6. The number of hydrogen-bond donors (Lipinski definition) is 2. The van der Waals surface area contributed by atoms with Gasteiger partial charge in [0.05, 0.1) is 10.7 Å². The molecule has 1 aromatic carbocycles. The number of urea groups is 1. The first-order chi connectivity index (χ1) is 12.2. The number of esters is 1. The van der Waals surface area contributed by atoms with Gasteiger partial charge in [0.25, 0.3) is 11.8 Å². The molecular weight excluding hydrogens is 362 g/mol. The van der Waals surface area contributed by atoms with Gasteiger partial charge in [-0.1, -0.05) is 30.7 Å². The van der Waals surface area contributed by atoms with Crippen molar-refractivity contribution in [2.24, 2.45) is 0 Å². The molecule has 9 heteroatoms. The molecule has 1 aliphatic rings. The van der Waals surface area contributed by atoms with Crippen molar-refractivity contribution in [1.82, 2.24) is 10.2 Å². The number of halogens is 1. The molecule has 140 valence electrons. The maximum absolute atomic E-state index is 12.2. The van der Waals surface area contributed by atoms with Crippen LogP contribution in [-0.4, -0.2) is 46.9 Å². The summed E-state index contributed by atoms with van der Waals surface area (Å²) in [7, 11) is 0. The predicted octanol–water partition coefficient (Wildman–Crippen LogP) is 1.93. The lowest BCUT2D eigenvalue weighted by molar-refractivity contribution is -0.155. The van der Waals surface area contributed by atoms with Crippen LogP contribution in [0.1, 0.15) is 27.2 Å². The highest BCUT2D eigenvalue weighted by Gasteiger charge is 2.47. The Kier molecular flexibility index (Phi) is 5.86. The average molecular weight is 382 g/mol.